The number of nitrogens with one attached hydrogen (secondary N) is 1. The van der Waals surface area contributed by atoms with Crippen molar-refractivity contribution < 1.29 is 0 Å². The zero-order valence-corrected chi connectivity index (χ0v) is 23.4. The highest BCUT2D eigenvalue weighted by Gasteiger charge is 2.10. The van der Waals surface area contributed by atoms with Gasteiger partial charge < -0.3 is 4.98 Å². The molecule has 2 aromatic heterocycles. The van der Waals surface area contributed by atoms with Crippen LogP contribution in [0.2, 0.25) is 0 Å². The van der Waals surface area contributed by atoms with E-state index in [0.717, 1.165) is 41.3 Å². The number of aryl methyl sites for hydroxylation is 3. The van der Waals surface area contributed by atoms with Gasteiger partial charge in [-0.15, -0.1) is 0 Å². The van der Waals surface area contributed by atoms with Crippen LogP contribution in [0, 0.1) is 6.92 Å². The number of hydrogen-bond donors (Lipinski definition) is 1. The fourth-order valence-corrected chi connectivity index (χ4v) is 3.67. The normalized spacial score (nSPS) is 9.70. The van der Waals surface area contributed by atoms with E-state index in [1.807, 2.05) is 58.0 Å². The summed E-state index contributed by atoms with van der Waals surface area (Å²) in [7, 11) is 0. The number of imidazole rings is 1. The molecule has 0 amide bonds. The van der Waals surface area contributed by atoms with Crippen LogP contribution in [0.4, 0.5) is 0 Å². The van der Waals surface area contributed by atoms with E-state index in [0.29, 0.717) is 0 Å². The number of nitrogens with zero attached hydrogens (tertiary/aromatic N) is 4. The Hall–Kier alpha value is -3.99. The number of hydrogen-bond acceptors (Lipinski definition) is 3. The summed E-state index contributed by atoms with van der Waals surface area (Å²) in [5, 5.41) is 4.07. The maximum atomic E-state index is 4.77. The quantitative estimate of drug-likeness (QED) is 0.266. The van der Waals surface area contributed by atoms with Gasteiger partial charge >= 0.3 is 0 Å². The molecule has 194 valence electrons. The highest BCUT2D eigenvalue weighted by Crippen LogP contribution is 2.26. The molecule has 0 saturated heterocycles. The van der Waals surface area contributed by atoms with E-state index in [-0.39, 0.29) is 0 Å². The molecule has 1 N–H and O–H groups in total. The van der Waals surface area contributed by atoms with Crippen molar-refractivity contribution >= 4 is 0 Å². The predicted octanol–water partition coefficient (Wildman–Crippen LogP) is 8.50. The van der Waals surface area contributed by atoms with Crippen molar-refractivity contribution in [3.05, 3.63) is 108 Å². The van der Waals surface area contributed by atoms with E-state index in [1.54, 1.807) is 17.3 Å². The van der Waals surface area contributed by atoms with Crippen molar-refractivity contribution in [1.29, 1.82) is 0 Å². The second-order valence-corrected chi connectivity index (χ2v) is 7.84. The van der Waals surface area contributed by atoms with E-state index in [9.17, 15) is 0 Å². The molecule has 0 aliphatic heterocycles. The summed E-state index contributed by atoms with van der Waals surface area (Å²) in [6.45, 7) is 14.4. The Morgan fingerprint density at radius 1 is 0.730 bits per heavy atom. The summed E-state index contributed by atoms with van der Waals surface area (Å²) in [6.07, 6.45) is 5.33. The zero-order chi connectivity index (χ0) is 27.0. The number of rotatable bonds is 5. The van der Waals surface area contributed by atoms with Gasteiger partial charge in [0.2, 0.25) is 0 Å². The van der Waals surface area contributed by atoms with E-state index >= 15 is 0 Å². The van der Waals surface area contributed by atoms with Crippen molar-refractivity contribution in [3.63, 3.8) is 0 Å². The van der Waals surface area contributed by atoms with Gasteiger partial charge in [-0.25, -0.2) is 14.6 Å². The third kappa shape index (κ3) is 8.28. The molecule has 5 nitrogen and oxygen atoms in total. The Labute approximate surface area is 222 Å². The zero-order valence-electron chi connectivity index (χ0n) is 23.4. The van der Waals surface area contributed by atoms with Crippen molar-refractivity contribution in [2.45, 2.75) is 61.3 Å². The average molecular weight is 496 g/mol. The van der Waals surface area contributed by atoms with E-state index in [1.165, 1.54) is 16.7 Å². The molecule has 0 radical (unpaired) electrons. The summed E-state index contributed by atoms with van der Waals surface area (Å²) in [5.74, 6) is 0.931. The standard InChI is InChI=1S/C18H18N2.C10H11N3.2C2H6/c1-3-14-8-7-11-16(12-14)17-13(2)19-18(20-17)15-9-5-4-6-10-15;1-2-9-4-3-5-10(6-9)13-8-11-7-12-13;2*1-2/h4-12H,3H2,1-2H3,(H,19,20);3-8H,2H2,1H3;2*1-2H3. The highest BCUT2D eigenvalue weighted by atomic mass is 15.3. The molecule has 0 bridgehead atoms. The van der Waals surface area contributed by atoms with Crippen LogP contribution in [0.3, 0.4) is 0 Å². The monoisotopic (exact) mass is 495 g/mol. The van der Waals surface area contributed by atoms with Gasteiger partial charge in [0.1, 0.15) is 18.5 Å². The summed E-state index contributed by atoms with van der Waals surface area (Å²) in [4.78, 5) is 12.1. The van der Waals surface area contributed by atoms with Crippen LogP contribution in [0.5, 0.6) is 0 Å². The van der Waals surface area contributed by atoms with Crippen molar-refractivity contribution in [2.24, 2.45) is 0 Å². The molecule has 0 saturated carbocycles. The Morgan fingerprint density at radius 3 is 1.97 bits per heavy atom. The molecule has 5 aromatic rings. The smallest absolute Gasteiger partial charge is 0.138 e. The van der Waals surface area contributed by atoms with E-state index in [4.69, 9.17) is 4.98 Å². The lowest BCUT2D eigenvalue weighted by atomic mass is 10.1. The molecular formula is C32H41N5. The molecule has 5 heteroatoms. The summed E-state index contributed by atoms with van der Waals surface area (Å²) in [5.41, 5.74) is 8.17. The first kappa shape index (κ1) is 29.2. The van der Waals surface area contributed by atoms with Crippen LogP contribution in [0.25, 0.3) is 28.3 Å². The van der Waals surface area contributed by atoms with Gasteiger partial charge in [0.25, 0.3) is 0 Å². The lowest BCUT2D eigenvalue weighted by Gasteiger charge is -2.01. The second kappa shape index (κ2) is 15.9. The van der Waals surface area contributed by atoms with Crippen LogP contribution in [-0.2, 0) is 12.8 Å². The Balaban J connectivity index is 0.000000245. The number of aromatic amines is 1. The first-order valence-electron chi connectivity index (χ1n) is 13.3. The van der Waals surface area contributed by atoms with Gasteiger partial charge in [-0.2, -0.15) is 5.10 Å². The summed E-state index contributed by atoms with van der Waals surface area (Å²) < 4.78 is 1.76. The SMILES string of the molecule is CC.CC.CCc1cccc(-c2nc(-c3ccccc3)[nH]c2C)c1.CCc1cccc(-n2cncn2)c1. The molecule has 0 atom stereocenters. The fraction of sp³-hybridized carbons (Fsp3) is 0.281. The summed E-state index contributed by atoms with van der Waals surface area (Å²) >= 11 is 0. The minimum Gasteiger partial charge on any atom is -0.342 e. The van der Waals surface area contributed by atoms with Gasteiger partial charge in [-0.3, -0.25) is 0 Å². The lowest BCUT2D eigenvalue weighted by Crippen LogP contribution is -1.94. The Kier molecular flexibility index (Phi) is 12.6. The van der Waals surface area contributed by atoms with Crippen LogP contribution in [0.15, 0.2) is 91.5 Å². The first-order chi connectivity index (χ1) is 18.2. The topological polar surface area (TPSA) is 59.4 Å². The second-order valence-electron chi connectivity index (χ2n) is 7.84. The third-order valence-electron chi connectivity index (χ3n) is 5.54. The van der Waals surface area contributed by atoms with Gasteiger partial charge in [-0.05, 0) is 49.1 Å². The minimum absolute atomic E-state index is 0.931. The lowest BCUT2D eigenvalue weighted by molar-refractivity contribution is 0.875. The Bertz CT molecular complexity index is 1290. The molecule has 2 heterocycles. The molecule has 5 rings (SSSR count). The van der Waals surface area contributed by atoms with Crippen LogP contribution in [0.1, 0.15) is 58.4 Å². The van der Waals surface area contributed by atoms with Gasteiger partial charge in [0.15, 0.2) is 0 Å². The van der Waals surface area contributed by atoms with Gasteiger partial charge in [-0.1, -0.05) is 102 Å². The molecule has 0 aliphatic carbocycles. The largest absolute Gasteiger partial charge is 0.342 e. The molecule has 3 aromatic carbocycles. The van der Waals surface area contributed by atoms with E-state index < -0.39 is 0 Å². The minimum atomic E-state index is 0.931. The number of H-pyrrole nitrogens is 1. The molecule has 0 fully saturated rings. The maximum absolute atomic E-state index is 4.77. The molecule has 0 spiro atoms. The number of benzene rings is 3. The van der Waals surface area contributed by atoms with Crippen molar-refractivity contribution in [3.8, 4) is 28.3 Å². The maximum Gasteiger partial charge on any atom is 0.138 e. The van der Waals surface area contributed by atoms with E-state index in [2.05, 4.69) is 84.4 Å². The highest BCUT2D eigenvalue weighted by molar-refractivity contribution is 5.67. The number of aromatic nitrogens is 5. The van der Waals surface area contributed by atoms with Gasteiger partial charge in [0, 0.05) is 16.8 Å². The van der Waals surface area contributed by atoms with Crippen molar-refractivity contribution in [2.75, 3.05) is 0 Å². The molecular weight excluding hydrogens is 454 g/mol. The third-order valence-corrected chi connectivity index (χ3v) is 5.54. The molecule has 37 heavy (non-hydrogen) atoms. The Morgan fingerprint density at radius 2 is 1.35 bits per heavy atom. The van der Waals surface area contributed by atoms with Gasteiger partial charge in [0.05, 0.1) is 11.4 Å². The first-order valence-corrected chi connectivity index (χ1v) is 13.3. The summed E-state index contributed by atoms with van der Waals surface area (Å²) in [6, 6.07) is 27.1. The fourth-order valence-electron chi connectivity index (χ4n) is 3.67. The predicted molar refractivity (Wildman–Crippen MR) is 157 cm³/mol. The average Bonchev–Trinajstić information content (AvgIpc) is 3.67. The van der Waals surface area contributed by atoms with Crippen LogP contribution >= 0.6 is 0 Å². The van der Waals surface area contributed by atoms with Crippen molar-refractivity contribution in [1.82, 2.24) is 24.7 Å². The van der Waals surface area contributed by atoms with Crippen LogP contribution < -0.4 is 0 Å². The molecule has 0 unspecified atom stereocenters. The van der Waals surface area contributed by atoms with Crippen LogP contribution in [-0.4, -0.2) is 24.7 Å². The molecule has 0 aliphatic rings.